The van der Waals surface area contributed by atoms with Crippen LogP contribution in [0.3, 0.4) is 0 Å². The van der Waals surface area contributed by atoms with Crippen LogP contribution in [0, 0.1) is 0 Å². The van der Waals surface area contributed by atoms with Gasteiger partial charge < -0.3 is 14.4 Å². The van der Waals surface area contributed by atoms with E-state index in [0.717, 1.165) is 6.20 Å². The minimum absolute atomic E-state index is 0.0453. The van der Waals surface area contributed by atoms with Crippen LogP contribution in [0.25, 0.3) is 0 Å². The van der Waals surface area contributed by atoms with Crippen LogP contribution in [0.1, 0.15) is 40.2 Å². The van der Waals surface area contributed by atoms with Gasteiger partial charge in [-0.3, -0.25) is 0 Å². The highest BCUT2D eigenvalue weighted by Crippen LogP contribution is 2.37. The lowest BCUT2D eigenvalue weighted by molar-refractivity contribution is -0.140. The van der Waals surface area contributed by atoms with Gasteiger partial charge in [-0.2, -0.15) is 18.2 Å². The Hall–Kier alpha value is -2.51. The van der Waals surface area contributed by atoms with Crippen LogP contribution in [-0.2, 0) is 6.18 Å². The van der Waals surface area contributed by atoms with E-state index in [9.17, 15) is 13.2 Å². The maximum atomic E-state index is 13.2. The zero-order chi connectivity index (χ0) is 20.4. The van der Waals surface area contributed by atoms with Gasteiger partial charge >= 0.3 is 6.18 Å². The third-order valence-electron chi connectivity index (χ3n) is 3.35. The van der Waals surface area contributed by atoms with Crippen LogP contribution in [0.15, 0.2) is 30.5 Å². The average Bonchev–Trinajstić information content (AvgIpc) is 2.51. The van der Waals surface area contributed by atoms with Gasteiger partial charge in [0.2, 0.25) is 11.8 Å². The minimum Gasteiger partial charge on any atom is -0.491 e. The molecule has 0 bridgehead atoms. The Balaban J connectivity index is 2.35. The first kappa shape index (κ1) is 20.8. The van der Waals surface area contributed by atoms with Crippen LogP contribution < -0.4 is 14.4 Å². The van der Waals surface area contributed by atoms with Crippen molar-refractivity contribution in [2.75, 3.05) is 11.9 Å². The number of benzene rings is 1. The highest BCUT2D eigenvalue weighted by atomic mass is 19.4. The van der Waals surface area contributed by atoms with Crippen molar-refractivity contribution < 1.29 is 22.6 Å². The molecule has 1 aromatic heterocycles. The Bertz CT molecular complexity index is 769. The standard InChI is InChI=1S/C19H24F3N3O2/c1-12(2)26-14-9-7-13(8-10-14)25(6)17-23-11-15(19(20,21)22)16(24-17)27-18(3,4)5/h7-12H,1-6H3. The second kappa shape index (κ2) is 7.62. The summed E-state index contributed by atoms with van der Waals surface area (Å²) in [4.78, 5) is 9.46. The molecule has 0 aliphatic carbocycles. The van der Waals surface area contributed by atoms with Crippen LogP contribution in [0.4, 0.5) is 24.8 Å². The molecule has 0 atom stereocenters. The molecule has 148 valence electrons. The fraction of sp³-hybridized carbons (Fsp3) is 0.474. The lowest BCUT2D eigenvalue weighted by Crippen LogP contribution is -2.26. The van der Waals surface area contributed by atoms with E-state index in [1.165, 1.54) is 0 Å². The fourth-order valence-corrected chi connectivity index (χ4v) is 2.22. The number of hydrogen-bond acceptors (Lipinski definition) is 5. The van der Waals surface area contributed by atoms with E-state index in [-0.39, 0.29) is 12.1 Å². The molecule has 0 aliphatic heterocycles. The lowest BCUT2D eigenvalue weighted by atomic mass is 10.2. The molecular formula is C19H24F3N3O2. The Morgan fingerprint density at radius 3 is 2.11 bits per heavy atom. The van der Waals surface area contributed by atoms with Gasteiger partial charge in [-0.15, -0.1) is 0 Å². The normalized spacial score (nSPS) is 12.2. The number of anilines is 2. The third kappa shape index (κ3) is 5.74. The zero-order valence-electron chi connectivity index (χ0n) is 16.3. The molecule has 0 N–H and O–H groups in total. The maximum absolute atomic E-state index is 13.2. The Morgan fingerprint density at radius 1 is 1.04 bits per heavy atom. The summed E-state index contributed by atoms with van der Waals surface area (Å²) in [6.07, 6.45) is -3.81. The first-order valence-electron chi connectivity index (χ1n) is 8.50. The Morgan fingerprint density at radius 2 is 1.63 bits per heavy atom. The van der Waals surface area contributed by atoms with Crippen LogP contribution in [0.2, 0.25) is 0 Å². The summed E-state index contributed by atoms with van der Waals surface area (Å²) in [6.45, 7) is 8.82. The monoisotopic (exact) mass is 383 g/mol. The molecule has 0 spiro atoms. The summed E-state index contributed by atoms with van der Waals surface area (Å²) in [5.74, 6) is 0.304. The number of rotatable bonds is 5. The van der Waals surface area contributed by atoms with E-state index in [1.54, 1.807) is 57.0 Å². The molecule has 2 rings (SSSR count). The summed E-state index contributed by atoms with van der Waals surface area (Å²) in [7, 11) is 1.67. The quantitative estimate of drug-likeness (QED) is 0.708. The first-order chi connectivity index (χ1) is 12.4. The van der Waals surface area contributed by atoms with Gasteiger partial charge in [0.1, 0.15) is 16.9 Å². The van der Waals surface area contributed by atoms with Crippen molar-refractivity contribution in [1.29, 1.82) is 0 Å². The molecule has 0 unspecified atom stereocenters. The first-order valence-corrected chi connectivity index (χ1v) is 8.50. The topological polar surface area (TPSA) is 47.5 Å². The zero-order valence-corrected chi connectivity index (χ0v) is 16.3. The van der Waals surface area contributed by atoms with Gasteiger partial charge in [0.25, 0.3) is 0 Å². The predicted molar refractivity (Wildman–Crippen MR) is 97.7 cm³/mol. The fourth-order valence-electron chi connectivity index (χ4n) is 2.22. The molecule has 2 aromatic rings. The molecule has 0 saturated heterocycles. The summed E-state index contributed by atoms with van der Waals surface area (Å²) in [5.41, 5.74) is -1.14. The van der Waals surface area contributed by atoms with E-state index in [4.69, 9.17) is 9.47 Å². The largest absolute Gasteiger partial charge is 0.491 e. The van der Waals surface area contributed by atoms with Crippen molar-refractivity contribution in [3.8, 4) is 11.6 Å². The molecule has 0 radical (unpaired) electrons. The minimum atomic E-state index is -4.60. The molecular weight excluding hydrogens is 359 g/mol. The number of alkyl halides is 3. The van der Waals surface area contributed by atoms with Gasteiger partial charge in [0.15, 0.2) is 0 Å². The van der Waals surface area contributed by atoms with Crippen LogP contribution in [-0.4, -0.2) is 28.7 Å². The summed E-state index contributed by atoms with van der Waals surface area (Å²) >= 11 is 0. The summed E-state index contributed by atoms with van der Waals surface area (Å²) in [6, 6.07) is 7.12. The van der Waals surface area contributed by atoms with Crippen LogP contribution >= 0.6 is 0 Å². The smallest absolute Gasteiger partial charge is 0.423 e. The number of hydrogen-bond donors (Lipinski definition) is 0. The van der Waals surface area contributed by atoms with E-state index in [0.29, 0.717) is 11.4 Å². The van der Waals surface area contributed by atoms with Crippen molar-refractivity contribution in [2.24, 2.45) is 0 Å². The molecule has 27 heavy (non-hydrogen) atoms. The van der Waals surface area contributed by atoms with Crippen molar-refractivity contribution in [3.05, 3.63) is 36.0 Å². The highest BCUT2D eigenvalue weighted by Gasteiger charge is 2.37. The SMILES string of the molecule is CC(C)Oc1ccc(N(C)c2ncc(C(F)(F)F)c(OC(C)(C)C)n2)cc1. The third-order valence-corrected chi connectivity index (χ3v) is 3.35. The predicted octanol–water partition coefficient (Wildman–Crippen LogP) is 5.23. The number of aromatic nitrogens is 2. The van der Waals surface area contributed by atoms with Crippen LogP contribution in [0.5, 0.6) is 11.6 Å². The number of halogens is 3. The number of nitrogens with zero attached hydrogens (tertiary/aromatic N) is 3. The maximum Gasteiger partial charge on any atom is 0.423 e. The van der Waals surface area contributed by atoms with Crippen molar-refractivity contribution in [1.82, 2.24) is 9.97 Å². The number of ether oxygens (including phenoxy) is 2. The molecule has 5 nitrogen and oxygen atoms in total. The van der Waals surface area contributed by atoms with E-state index < -0.39 is 23.2 Å². The Labute approximate surface area is 157 Å². The average molecular weight is 383 g/mol. The van der Waals surface area contributed by atoms with Crippen molar-refractivity contribution >= 4 is 11.6 Å². The lowest BCUT2D eigenvalue weighted by Gasteiger charge is -2.24. The molecule has 0 aliphatic rings. The van der Waals surface area contributed by atoms with Gasteiger partial charge in [-0.05, 0) is 58.9 Å². The van der Waals surface area contributed by atoms with Gasteiger partial charge in [-0.1, -0.05) is 0 Å². The second-order valence-corrected chi connectivity index (χ2v) is 7.32. The van der Waals surface area contributed by atoms with E-state index in [2.05, 4.69) is 9.97 Å². The van der Waals surface area contributed by atoms with Gasteiger partial charge in [0.05, 0.1) is 6.10 Å². The highest BCUT2D eigenvalue weighted by molar-refractivity contribution is 5.58. The second-order valence-electron chi connectivity index (χ2n) is 7.32. The molecule has 1 heterocycles. The molecule has 0 amide bonds. The molecule has 0 saturated carbocycles. The van der Waals surface area contributed by atoms with Gasteiger partial charge in [-0.25, -0.2) is 4.98 Å². The molecule has 1 aromatic carbocycles. The van der Waals surface area contributed by atoms with Crippen molar-refractivity contribution in [3.63, 3.8) is 0 Å². The summed E-state index contributed by atoms with van der Waals surface area (Å²) in [5, 5.41) is 0. The molecule has 8 heteroatoms. The van der Waals surface area contributed by atoms with Gasteiger partial charge in [0, 0.05) is 18.9 Å². The van der Waals surface area contributed by atoms with E-state index >= 15 is 0 Å². The molecule has 0 fully saturated rings. The van der Waals surface area contributed by atoms with Crippen molar-refractivity contribution in [2.45, 2.75) is 52.5 Å². The van der Waals surface area contributed by atoms with E-state index in [1.807, 2.05) is 13.8 Å². The Kier molecular flexibility index (Phi) is 5.87. The summed E-state index contributed by atoms with van der Waals surface area (Å²) < 4.78 is 50.7.